The quantitative estimate of drug-likeness (QED) is 0.400. The van der Waals surface area contributed by atoms with Crippen molar-refractivity contribution in [1.82, 2.24) is 14.9 Å². The number of aromatic nitrogens is 2. The number of aliphatic hydroxyl groups is 1. The van der Waals surface area contributed by atoms with Gasteiger partial charge in [-0.2, -0.15) is 13.2 Å². The van der Waals surface area contributed by atoms with Gasteiger partial charge in [0, 0.05) is 48.8 Å². The highest BCUT2D eigenvalue weighted by Crippen LogP contribution is 2.28. The number of rotatable bonds is 6. The molecule has 1 aromatic heterocycles. The molecule has 1 fully saturated rings. The number of fused-ring (bicyclic) bond motifs is 1. The average Bonchev–Trinajstić information content (AvgIpc) is 2.86. The number of aliphatic hydroxyl groups excluding tert-OH is 1. The van der Waals surface area contributed by atoms with Crippen LogP contribution in [0.15, 0.2) is 42.5 Å². The predicted molar refractivity (Wildman–Crippen MR) is 137 cm³/mol. The van der Waals surface area contributed by atoms with E-state index in [9.17, 15) is 18.3 Å². The molecule has 0 amide bonds. The highest BCUT2D eigenvalue weighted by atomic mass is 35.5. The first-order valence-corrected chi connectivity index (χ1v) is 12.1. The number of carboxylic acid groups (broad SMARTS) is 1. The molecule has 1 aliphatic heterocycles. The summed E-state index contributed by atoms with van der Waals surface area (Å²) in [4.78, 5) is 23.2. The van der Waals surface area contributed by atoms with E-state index in [4.69, 9.17) is 43.1 Å². The summed E-state index contributed by atoms with van der Waals surface area (Å²) in [5.41, 5.74) is 2.74. The second-order valence-electron chi connectivity index (χ2n) is 8.41. The van der Waals surface area contributed by atoms with Crippen molar-refractivity contribution in [2.45, 2.75) is 25.7 Å². The maximum Gasteiger partial charge on any atom is 0.490 e. The third-order valence-corrected chi connectivity index (χ3v) is 6.13. The molecule has 0 unspecified atom stereocenters. The van der Waals surface area contributed by atoms with Crippen LogP contribution in [0.3, 0.4) is 0 Å². The Morgan fingerprint density at radius 1 is 1.08 bits per heavy atom. The second-order valence-corrected chi connectivity index (χ2v) is 9.26. The third-order valence-electron chi connectivity index (χ3n) is 5.53. The predicted octanol–water partition coefficient (Wildman–Crippen LogP) is 4.68. The van der Waals surface area contributed by atoms with Gasteiger partial charge in [0.2, 0.25) is 0 Å². The average molecular weight is 560 g/mol. The number of para-hydroxylation sites is 2. The lowest BCUT2D eigenvalue weighted by Crippen LogP contribution is -2.46. The highest BCUT2D eigenvalue weighted by Gasteiger charge is 2.38. The molecule has 0 radical (unpaired) electrons. The molecule has 0 spiro atoms. The van der Waals surface area contributed by atoms with E-state index >= 15 is 0 Å². The topological polar surface area (TPSA) is 102 Å². The Morgan fingerprint density at radius 3 is 2.24 bits per heavy atom. The fourth-order valence-electron chi connectivity index (χ4n) is 3.61. The van der Waals surface area contributed by atoms with Crippen molar-refractivity contribution in [3.05, 3.63) is 58.1 Å². The van der Waals surface area contributed by atoms with Crippen LogP contribution < -0.4 is 10.2 Å². The third kappa shape index (κ3) is 8.06. The van der Waals surface area contributed by atoms with Crippen molar-refractivity contribution in [1.29, 1.82) is 0 Å². The Bertz CT molecular complexity index is 1220. The summed E-state index contributed by atoms with van der Waals surface area (Å²) in [7, 11) is 0. The second kappa shape index (κ2) is 12.6. The summed E-state index contributed by atoms with van der Waals surface area (Å²) in [6.45, 7) is 6.14. The van der Waals surface area contributed by atoms with Crippen molar-refractivity contribution in [2.24, 2.45) is 0 Å². The van der Waals surface area contributed by atoms with Crippen molar-refractivity contribution in [3.63, 3.8) is 0 Å². The number of carboxylic acids is 1. The van der Waals surface area contributed by atoms with Crippen LogP contribution in [0.25, 0.3) is 11.0 Å². The first kappa shape index (κ1) is 28.7. The number of nitrogens with one attached hydrogen (secondary N) is 1. The lowest BCUT2D eigenvalue weighted by molar-refractivity contribution is -0.192. The monoisotopic (exact) mass is 559 g/mol. The van der Waals surface area contributed by atoms with Gasteiger partial charge in [-0.05, 0) is 42.8 Å². The zero-order valence-corrected chi connectivity index (χ0v) is 21.4. The Labute approximate surface area is 221 Å². The smallest absolute Gasteiger partial charge is 0.475 e. The van der Waals surface area contributed by atoms with Crippen LogP contribution in [0.5, 0.6) is 0 Å². The number of alkyl halides is 3. The van der Waals surface area contributed by atoms with Crippen LogP contribution in [0.1, 0.15) is 12.5 Å². The summed E-state index contributed by atoms with van der Waals surface area (Å²) >= 11 is 12.5. The molecule has 0 aliphatic carbocycles. The van der Waals surface area contributed by atoms with E-state index in [0.29, 0.717) is 10.8 Å². The Balaban J connectivity index is 0.000000479. The van der Waals surface area contributed by atoms with Gasteiger partial charge in [-0.3, -0.25) is 4.90 Å². The Hall–Kier alpha value is -2.86. The fourth-order valence-corrected chi connectivity index (χ4v) is 3.98. The first-order chi connectivity index (χ1) is 17.5. The van der Waals surface area contributed by atoms with E-state index in [1.165, 1.54) is 0 Å². The highest BCUT2D eigenvalue weighted by molar-refractivity contribution is 6.33. The molecular weight excluding hydrogens is 534 g/mol. The van der Waals surface area contributed by atoms with Crippen molar-refractivity contribution in [2.75, 3.05) is 43.0 Å². The number of hydrogen-bond acceptors (Lipinski definition) is 7. The van der Waals surface area contributed by atoms with Crippen molar-refractivity contribution < 1.29 is 28.2 Å². The lowest BCUT2D eigenvalue weighted by Gasteiger charge is -2.36. The normalized spacial score (nSPS) is 15.2. The first-order valence-electron chi connectivity index (χ1n) is 11.3. The maximum absolute atomic E-state index is 10.6. The molecule has 8 nitrogen and oxygen atoms in total. The molecule has 1 atom stereocenters. The molecule has 4 rings (SSSR count). The zero-order valence-electron chi connectivity index (χ0n) is 19.8. The lowest BCUT2D eigenvalue weighted by atomic mass is 10.2. The van der Waals surface area contributed by atoms with Crippen molar-refractivity contribution >= 4 is 51.8 Å². The number of carbonyl (C=O) groups is 1. The molecule has 2 heterocycles. The zero-order chi connectivity index (χ0) is 27.2. The molecule has 3 N–H and O–H groups in total. The summed E-state index contributed by atoms with van der Waals surface area (Å²) < 4.78 is 31.7. The summed E-state index contributed by atoms with van der Waals surface area (Å²) in [5.74, 6) is -1.22. The molecule has 1 aliphatic rings. The maximum atomic E-state index is 10.6. The molecule has 0 bridgehead atoms. The van der Waals surface area contributed by atoms with E-state index in [2.05, 4.69) is 15.1 Å². The van der Waals surface area contributed by atoms with Gasteiger partial charge in [-0.1, -0.05) is 35.3 Å². The van der Waals surface area contributed by atoms with Crippen molar-refractivity contribution in [3.8, 4) is 0 Å². The number of anilines is 2. The van der Waals surface area contributed by atoms with Gasteiger partial charge < -0.3 is 20.4 Å². The van der Waals surface area contributed by atoms with Crippen LogP contribution in [0.2, 0.25) is 10.0 Å². The standard InChI is InChI=1S/C22H25Cl2N5O.C2HF3O2/c1-15(14-30)25-21-22(27-20-5-3-2-4-19(20)26-21)29-10-8-28(9-11-29)13-16-12-17(23)6-7-18(16)24;3-2(4,5)1(6)7/h2-7,12,15,30H,8-11,13-14H2,1H3,(H,25,26);(H,6,7)/t15-;/m0./s1. The summed E-state index contributed by atoms with van der Waals surface area (Å²) in [5, 5.41) is 21.3. The van der Waals surface area contributed by atoms with Crippen LogP contribution in [-0.4, -0.2) is 76.1 Å². The van der Waals surface area contributed by atoms with Gasteiger partial charge in [0.15, 0.2) is 11.6 Å². The number of halogens is 5. The van der Waals surface area contributed by atoms with Gasteiger partial charge in [0.25, 0.3) is 0 Å². The molecule has 1 saturated heterocycles. The van der Waals surface area contributed by atoms with E-state index in [0.717, 1.165) is 60.2 Å². The minimum absolute atomic E-state index is 0.0299. The fraction of sp³-hybridized carbons (Fsp3) is 0.375. The van der Waals surface area contributed by atoms with Crippen LogP contribution in [-0.2, 0) is 11.3 Å². The number of piperazine rings is 1. The number of benzene rings is 2. The van der Waals surface area contributed by atoms with Gasteiger partial charge in [-0.25, -0.2) is 14.8 Å². The molecule has 13 heteroatoms. The van der Waals surface area contributed by atoms with Crippen LogP contribution >= 0.6 is 23.2 Å². The molecule has 200 valence electrons. The number of aliphatic carboxylic acids is 1. The van der Waals surface area contributed by atoms with Gasteiger partial charge >= 0.3 is 12.1 Å². The molecule has 0 saturated carbocycles. The minimum Gasteiger partial charge on any atom is -0.475 e. The van der Waals surface area contributed by atoms with Gasteiger partial charge in [0.05, 0.1) is 17.6 Å². The summed E-state index contributed by atoms with van der Waals surface area (Å²) in [6.07, 6.45) is -5.08. The molecule has 2 aromatic carbocycles. The SMILES string of the molecule is C[C@@H](CO)Nc1nc2ccccc2nc1N1CCN(Cc2cc(Cl)ccc2Cl)CC1.O=C(O)C(F)(F)F. The van der Waals surface area contributed by atoms with Gasteiger partial charge in [-0.15, -0.1) is 0 Å². The largest absolute Gasteiger partial charge is 0.490 e. The number of hydrogen-bond donors (Lipinski definition) is 3. The van der Waals surface area contributed by atoms with E-state index < -0.39 is 12.1 Å². The summed E-state index contributed by atoms with van der Waals surface area (Å²) in [6, 6.07) is 13.3. The van der Waals surface area contributed by atoms with E-state index in [1.807, 2.05) is 49.4 Å². The van der Waals surface area contributed by atoms with E-state index in [-0.39, 0.29) is 12.6 Å². The Kier molecular flexibility index (Phi) is 9.77. The minimum atomic E-state index is -5.08. The Morgan fingerprint density at radius 2 is 1.68 bits per heavy atom. The molecular formula is C24H26Cl2F3N5O3. The van der Waals surface area contributed by atoms with E-state index in [1.54, 1.807) is 0 Å². The van der Waals surface area contributed by atoms with Gasteiger partial charge in [0.1, 0.15) is 0 Å². The van der Waals surface area contributed by atoms with Crippen LogP contribution in [0.4, 0.5) is 24.8 Å². The van der Waals surface area contributed by atoms with Crippen LogP contribution in [0, 0.1) is 0 Å². The molecule has 37 heavy (non-hydrogen) atoms. The number of nitrogens with zero attached hydrogens (tertiary/aromatic N) is 4. The molecule has 3 aromatic rings.